The van der Waals surface area contributed by atoms with Crippen molar-refractivity contribution < 1.29 is 12.8 Å². The third-order valence-corrected chi connectivity index (χ3v) is 3.69. The van der Waals surface area contributed by atoms with Gasteiger partial charge in [-0.25, -0.2) is 13.4 Å². The Hall–Kier alpha value is -1.56. The van der Waals surface area contributed by atoms with Gasteiger partial charge in [-0.2, -0.15) is 0 Å². The van der Waals surface area contributed by atoms with Crippen LogP contribution in [-0.4, -0.2) is 19.2 Å². The number of rotatable bonds is 4. The normalized spacial score (nSPS) is 11.9. The van der Waals surface area contributed by atoms with E-state index in [1.54, 1.807) is 25.1 Å². The third-order valence-electron chi connectivity index (χ3n) is 2.39. The molecule has 1 heterocycles. The van der Waals surface area contributed by atoms with E-state index in [0.717, 1.165) is 0 Å². The highest BCUT2D eigenvalue weighted by atomic mass is 32.2. The van der Waals surface area contributed by atoms with E-state index in [2.05, 4.69) is 9.71 Å². The van der Waals surface area contributed by atoms with Gasteiger partial charge in [0.15, 0.2) is 11.5 Å². The molecule has 0 saturated heterocycles. The Morgan fingerprint density at radius 2 is 2.12 bits per heavy atom. The number of fused-ring (bicyclic) bond motifs is 1. The number of nitrogens with zero attached hydrogens (tertiary/aromatic N) is 1. The monoisotopic (exact) mass is 254 g/mol. The summed E-state index contributed by atoms with van der Waals surface area (Å²) in [5.74, 6) is 0.694. The third kappa shape index (κ3) is 2.58. The van der Waals surface area contributed by atoms with Gasteiger partial charge in [0.1, 0.15) is 5.52 Å². The average Bonchev–Trinajstić information content (AvgIpc) is 2.70. The van der Waals surface area contributed by atoms with Crippen LogP contribution in [0.2, 0.25) is 0 Å². The number of hydrogen-bond donors (Lipinski definition) is 1. The highest BCUT2D eigenvalue weighted by Crippen LogP contribution is 2.20. The fourth-order valence-corrected chi connectivity index (χ4v) is 2.07. The number of sulfonamides is 1. The van der Waals surface area contributed by atoms with Gasteiger partial charge in [-0.1, -0.05) is 6.92 Å². The lowest BCUT2D eigenvalue weighted by Crippen LogP contribution is -2.14. The maximum absolute atomic E-state index is 11.4. The van der Waals surface area contributed by atoms with Crippen molar-refractivity contribution in [1.82, 2.24) is 4.98 Å². The Labute approximate surface area is 99.9 Å². The first-order valence-corrected chi connectivity index (χ1v) is 7.09. The van der Waals surface area contributed by atoms with Crippen LogP contribution in [-0.2, 0) is 16.4 Å². The Balaban J connectivity index is 2.37. The summed E-state index contributed by atoms with van der Waals surface area (Å²) in [5.41, 5.74) is 1.84. The van der Waals surface area contributed by atoms with Gasteiger partial charge in [0.25, 0.3) is 0 Å². The first kappa shape index (κ1) is 11.9. The zero-order chi connectivity index (χ0) is 12.5. The summed E-state index contributed by atoms with van der Waals surface area (Å²) in [6.45, 7) is 3.54. The summed E-state index contributed by atoms with van der Waals surface area (Å²) < 4.78 is 30.7. The zero-order valence-corrected chi connectivity index (χ0v) is 10.5. The maximum Gasteiger partial charge on any atom is 0.232 e. The lowest BCUT2D eigenvalue weighted by molar-refractivity contribution is 0.538. The Morgan fingerprint density at radius 3 is 2.76 bits per heavy atom. The van der Waals surface area contributed by atoms with Gasteiger partial charge in [-0.15, -0.1) is 0 Å². The molecule has 0 aliphatic rings. The van der Waals surface area contributed by atoms with Crippen molar-refractivity contribution in [2.24, 2.45) is 0 Å². The molecule has 17 heavy (non-hydrogen) atoms. The number of anilines is 1. The summed E-state index contributed by atoms with van der Waals surface area (Å²) in [5, 5.41) is 0. The van der Waals surface area contributed by atoms with Gasteiger partial charge < -0.3 is 4.42 Å². The molecule has 0 aliphatic carbocycles. The van der Waals surface area contributed by atoms with Crippen molar-refractivity contribution in [3.8, 4) is 0 Å². The summed E-state index contributed by atoms with van der Waals surface area (Å²) in [6.07, 6.45) is 0.713. The van der Waals surface area contributed by atoms with Crippen LogP contribution >= 0.6 is 0 Å². The molecule has 1 N–H and O–H groups in total. The summed E-state index contributed by atoms with van der Waals surface area (Å²) in [7, 11) is -3.25. The molecule has 5 nitrogen and oxygen atoms in total. The van der Waals surface area contributed by atoms with Gasteiger partial charge in [0.05, 0.1) is 11.4 Å². The number of aryl methyl sites for hydroxylation is 1. The Morgan fingerprint density at radius 1 is 1.35 bits per heavy atom. The van der Waals surface area contributed by atoms with E-state index >= 15 is 0 Å². The largest absolute Gasteiger partial charge is 0.441 e. The highest BCUT2D eigenvalue weighted by molar-refractivity contribution is 7.92. The molecule has 0 unspecified atom stereocenters. The zero-order valence-electron chi connectivity index (χ0n) is 9.73. The van der Waals surface area contributed by atoms with E-state index in [1.807, 2.05) is 6.92 Å². The number of hydrogen-bond acceptors (Lipinski definition) is 4. The predicted octanol–water partition coefficient (Wildman–Crippen LogP) is 2.15. The quantitative estimate of drug-likeness (QED) is 0.907. The van der Waals surface area contributed by atoms with Crippen LogP contribution in [0.15, 0.2) is 22.6 Å². The average molecular weight is 254 g/mol. The number of nitrogens with one attached hydrogen (secondary N) is 1. The molecule has 0 spiro atoms. The van der Waals surface area contributed by atoms with Crippen molar-refractivity contribution in [2.45, 2.75) is 20.3 Å². The van der Waals surface area contributed by atoms with Crippen LogP contribution in [0.3, 0.4) is 0 Å². The summed E-state index contributed by atoms with van der Waals surface area (Å²) >= 11 is 0. The van der Waals surface area contributed by atoms with Gasteiger partial charge in [0.2, 0.25) is 10.0 Å². The van der Waals surface area contributed by atoms with Gasteiger partial charge in [-0.05, 0) is 25.1 Å². The van der Waals surface area contributed by atoms with Crippen molar-refractivity contribution in [3.05, 3.63) is 24.1 Å². The molecule has 0 aliphatic heterocycles. The minimum atomic E-state index is -3.25. The van der Waals surface area contributed by atoms with E-state index in [1.165, 1.54) is 0 Å². The van der Waals surface area contributed by atoms with Crippen LogP contribution in [0.1, 0.15) is 19.7 Å². The lowest BCUT2D eigenvalue weighted by atomic mass is 10.3. The smallest absolute Gasteiger partial charge is 0.232 e. The van der Waals surface area contributed by atoms with E-state index < -0.39 is 10.0 Å². The number of oxazole rings is 1. The molecule has 0 radical (unpaired) electrons. The Bertz CT molecular complexity index is 631. The van der Waals surface area contributed by atoms with Crippen molar-refractivity contribution in [1.29, 1.82) is 0 Å². The van der Waals surface area contributed by atoms with Crippen LogP contribution in [0.4, 0.5) is 5.69 Å². The standard InChI is InChI=1S/C11H14N2O3S/c1-3-11-12-9-7-8(5-6-10(9)16-11)13-17(14,15)4-2/h5-7,13H,3-4H2,1-2H3. The summed E-state index contributed by atoms with van der Waals surface area (Å²) in [6, 6.07) is 5.06. The number of benzene rings is 1. The molecule has 1 aromatic heterocycles. The minimum Gasteiger partial charge on any atom is -0.441 e. The maximum atomic E-state index is 11.4. The fraction of sp³-hybridized carbons (Fsp3) is 0.364. The second-order valence-corrected chi connectivity index (χ2v) is 5.66. The van der Waals surface area contributed by atoms with Crippen LogP contribution in [0.5, 0.6) is 0 Å². The number of aromatic nitrogens is 1. The lowest BCUT2D eigenvalue weighted by Gasteiger charge is -2.04. The fourth-order valence-electron chi connectivity index (χ4n) is 1.44. The molecule has 6 heteroatoms. The van der Waals surface area contributed by atoms with Crippen LogP contribution in [0, 0.1) is 0 Å². The van der Waals surface area contributed by atoms with Crippen LogP contribution in [0.25, 0.3) is 11.1 Å². The van der Waals surface area contributed by atoms with Crippen molar-refractivity contribution >= 4 is 26.8 Å². The molecular formula is C11H14N2O3S. The second-order valence-electron chi connectivity index (χ2n) is 3.65. The molecular weight excluding hydrogens is 240 g/mol. The molecule has 2 aromatic rings. The molecule has 0 fully saturated rings. The van der Waals surface area contributed by atoms with E-state index in [0.29, 0.717) is 29.1 Å². The van der Waals surface area contributed by atoms with E-state index in [9.17, 15) is 8.42 Å². The molecule has 0 atom stereocenters. The van der Waals surface area contributed by atoms with Crippen molar-refractivity contribution in [2.75, 3.05) is 10.5 Å². The molecule has 1 aromatic carbocycles. The van der Waals surface area contributed by atoms with Crippen LogP contribution < -0.4 is 4.72 Å². The first-order valence-electron chi connectivity index (χ1n) is 5.44. The van der Waals surface area contributed by atoms with Crippen molar-refractivity contribution in [3.63, 3.8) is 0 Å². The van der Waals surface area contributed by atoms with E-state index in [4.69, 9.17) is 4.42 Å². The summed E-state index contributed by atoms with van der Waals surface area (Å²) in [4.78, 5) is 4.25. The topological polar surface area (TPSA) is 72.2 Å². The highest BCUT2D eigenvalue weighted by Gasteiger charge is 2.09. The van der Waals surface area contributed by atoms with Gasteiger partial charge in [0, 0.05) is 6.42 Å². The van der Waals surface area contributed by atoms with E-state index in [-0.39, 0.29) is 5.75 Å². The first-order chi connectivity index (χ1) is 8.04. The second kappa shape index (κ2) is 4.37. The molecule has 0 bridgehead atoms. The molecule has 0 saturated carbocycles. The predicted molar refractivity (Wildman–Crippen MR) is 66.5 cm³/mol. The molecule has 92 valence electrons. The van der Waals surface area contributed by atoms with Gasteiger partial charge >= 0.3 is 0 Å². The molecule has 2 rings (SSSR count). The minimum absolute atomic E-state index is 0.0457. The SMILES string of the molecule is CCc1nc2cc(NS(=O)(=O)CC)ccc2o1. The Kier molecular flexibility index (Phi) is 3.06. The van der Waals surface area contributed by atoms with Gasteiger partial charge in [-0.3, -0.25) is 4.72 Å². The molecule has 0 amide bonds.